The zero-order chi connectivity index (χ0) is 32.2. The molecular weight excluding hydrogens is 560 g/mol. The third kappa shape index (κ3) is 14.7. The monoisotopic (exact) mass is 618 g/mol. The number of carbonyl (C=O) groups excluding carboxylic acids is 2. The number of aromatic nitrogens is 4. The SMILES string of the molecule is CCCCCCCCCCCCCCCCCC(=O)OCC[C@@H](COC(=O)[C@@H](N)C(C)C)Cn1cnc2c(=O)[nH]c(N)nc21. The molecule has 0 aliphatic heterocycles. The highest BCUT2D eigenvalue weighted by Crippen LogP contribution is 2.16. The Hall–Kier alpha value is -2.95. The third-order valence-electron chi connectivity index (χ3n) is 8.17. The Morgan fingerprint density at radius 1 is 0.909 bits per heavy atom. The van der Waals surface area contributed by atoms with E-state index in [1.165, 1.54) is 83.4 Å². The molecule has 44 heavy (non-hydrogen) atoms. The fraction of sp³-hybridized carbons (Fsp3) is 0.788. The molecule has 11 heteroatoms. The number of carbonyl (C=O) groups is 2. The zero-order valence-electron chi connectivity index (χ0n) is 27.5. The first kappa shape index (κ1) is 37.2. The summed E-state index contributed by atoms with van der Waals surface area (Å²) in [6.07, 6.45) is 21.5. The van der Waals surface area contributed by atoms with Crippen molar-refractivity contribution >= 4 is 29.1 Å². The van der Waals surface area contributed by atoms with Crippen LogP contribution in [0.2, 0.25) is 0 Å². The summed E-state index contributed by atoms with van der Waals surface area (Å²) in [6.45, 7) is 6.58. The van der Waals surface area contributed by atoms with Crippen molar-refractivity contribution in [2.45, 2.75) is 143 Å². The van der Waals surface area contributed by atoms with Crippen molar-refractivity contribution in [2.24, 2.45) is 17.6 Å². The fourth-order valence-electron chi connectivity index (χ4n) is 5.23. The number of H-pyrrole nitrogens is 1. The molecule has 2 rings (SSSR count). The maximum atomic E-state index is 12.4. The molecule has 0 radical (unpaired) electrons. The molecule has 0 aliphatic carbocycles. The van der Waals surface area contributed by atoms with Crippen LogP contribution in [0.25, 0.3) is 11.2 Å². The van der Waals surface area contributed by atoms with Gasteiger partial charge >= 0.3 is 11.9 Å². The average molecular weight is 619 g/mol. The molecule has 2 atom stereocenters. The molecule has 0 aromatic carbocycles. The molecule has 5 N–H and O–H groups in total. The summed E-state index contributed by atoms with van der Waals surface area (Å²) < 4.78 is 12.7. The van der Waals surface area contributed by atoms with Gasteiger partial charge in [-0.05, 0) is 18.8 Å². The van der Waals surface area contributed by atoms with Gasteiger partial charge in [-0.25, -0.2) is 4.98 Å². The smallest absolute Gasteiger partial charge is 0.323 e. The van der Waals surface area contributed by atoms with Crippen LogP contribution in [-0.4, -0.2) is 50.7 Å². The number of nitrogens with two attached hydrogens (primary N) is 2. The lowest BCUT2D eigenvalue weighted by molar-refractivity contribution is -0.149. The van der Waals surface area contributed by atoms with E-state index in [-0.39, 0.29) is 42.5 Å². The predicted octanol–water partition coefficient (Wildman–Crippen LogP) is 6.04. The third-order valence-corrected chi connectivity index (χ3v) is 8.17. The van der Waals surface area contributed by atoms with Crippen LogP contribution in [0.15, 0.2) is 11.1 Å². The molecule has 0 saturated heterocycles. The number of hydrogen-bond acceptors (Lipinski definition) is 9. The highest BCUT2D eigenvalue weighted by atomic mass is 16.5. The van der Waals surface area contributed by atoms with Crippen LogP contribution in [0.1, 0.15) is 130 Å². The standard InChI is InChI=1S/C33H58N6O5/c1-4-5-6-7-8-9-10-11-12-13-14-15-16-17-18-19-27(40)43-21-20-26(23-44-32(42)28(34)25(2)3)22-39-24-36-29-30(39)37-33(35)38-31(29)41/h24-26,28H,4-23,34H2,1-3H3,(H3,35,37,38,41)/t26-,28+/m1/s1. The number of fused-ring (bicyclic) bond motifs is 1. The zero-order valence-corrected chi connectivity index (χ0v) is 27.5. The first-order chi connectivity index (χ1) is 21.2. The Morgan fingerprint density at radius 3 is 2.05 bits per heavy atom. The number of nitrogens with one attached hydrogen (secondary N) is 1. The Kier molecular flexibility index (Phi) is 18.4. The van der Waals surface area contributed by atoms with E-state index < -0.39 is 17.6 Å². The van der Waals surface area contributed by atoms with Crippen LogP contribution in [0.3, 0.4) is 0 Å². The number of hydrogen-bond donors (Lipinski definition) is 3. The first-order valence-electron chi connectivity index (χ1n) is 17.0. The van der Waals surface area contributed by atoms with Crippen LogP contribution in [-0.2, 0) is 25.6 Å². The van der Waals surface area contributed by atoms with Crippen molar-refractivity contribution in [1.82, 2.24) is 19.5 Å². The van der Waals surface area contributed by atoms with Gasteiger partial charge in [0.2, 0.25) is 5.95 Å². The summed E-state index contributed by atoms with van der Waals surface area (Å²) in [5.41, 5.74) is 11.7. The molecule has 2 heterocycles. The van der Waals surface area contributed by atoms with Gasteiger partial charge in [0, 0.05) is 18.9 Å². The van der Waals surface area contributed by atoms with Crippen molar-refractivity contribution in [2.75, 3.05) is 18.9 Å². The number of nitrogen functional groups attached to an aromatic ring is 1. The summed E-state index contributed by atoms with van der Waals surface area (Å²) in [7, 11) is 0. The second kappa shape index (κ2) is 21.7. The summed E-state index contributed by atoms with van der Waals surface area (Å²) in [5, 5.41) is 0. The van der Waals surface area contributed by atoms with Crippen LogP contribution in [0, 0.1) is 11.8 Å². The summed E-state index contributed by atoms with van der Waals surface area (Å²) in [5.74, 6) is -0.992. The minimum Gasteiger partial charge on any atom is -0.466 e. The van der Waals surface area contributed by atoms with Gasteiger partial charge in [0.05, 0.1) is 19.5 Å². The molecule has 0 spiro atoms. The number of nitrogens with zero attached hydrogens (tertiary/aromatic N) is 3. The second-order valence-electron chi connectivity index (χ2n) is 12.5. The number of anilines is 1. The highest BCUT2D eigenvalue weighted by Gasteiger charge is 2.22. The van der Waals surface area contributed by atoms with Crippen molar-refractivity contribution in [3.8, 4) is 0 Å². The van der Waals surface area contributed by atoms with E-state index in [0.717, 1.165) is 19.3 Å². The Balaban J connectivity index is 1.66. The lowest BCUT2D eigenvalue weighted by Crippen LogP contribution is -2.38. The fourth-order valence-corrected chi connectivity index (χ4v) is 5.23. The summed E-state index contributed by atoms with van der Waals surface area (Å²) in [4.78, 5) is 47.7. The maximum Gasteiger partial charge on any atom is 0.323 e. The minimum absolute atomic E-state index is 0.0112. The van der Waals surface area contributed by atoms with E-state index in [2.05, 4.69) is 21.9 Å². The maximum absolute atomic E-state index is 12.4. The van der Waals surface area contributed by atoms with E-state index in [0.29, 0.717) is 25.0 Å². The number of esters is 2. The Bertz CT molecular complexity index is 1150. The molecular formula is C33H58N6O5. The average Bonchev–Trinajstić information content (AvgIpc) is 3.39. The number of ether oxygens (including phenoxy) is 2. The molecule has 250 valence electrons. The molecule has 0 amide bonds. The van der Waals surface area contributed by atoms with Gasteiger partial charge in [-0.15, -0.1) is 0 Å². The van der Waals surface area contributed by atoms with E-state index in [4.69, 9.17) is 20.9 Å². The first-order valence-corrected chi connectivity index (χ1v) is 17.0. The highest BCUT2D eigenvalue weighted by molar-refractivity contribution is 5.75. The Morgan fingerprint density at radius 2 is 1.48 bits per heavy atom. The van der Waals surface area contributed by atoms with Crippen molar-refractivity contribution in [1.29, 1.82) is 0 Å². The Labute approximate surface area is 263 Å². The van der Waals surface area contributed by atoms with Gasteiger partial charge in [0.25, 0.3) is 5.56 Å². The van der Waals surface area contributed by atoms with Gasteiger partial charge in [-0.3, -0.25) is 19.4 Å². The van der Waals surface area contributed by atoms with E-state index >= 15 is 0 Å². The van der Waals surface area contributed by atoms with Gasteiger partial charge in [0.1, 0.15) is 6.04 Å². The normalized spacial score (nSPS) is 12.9. The largest absolute Gasteiger partial charge is 0.466 e. The molecule has 2 aromatic rings. The summed E-state index contributed by atoms with van der Waals surface area (Å²) in [6, 6.07) is -0.725. The van der Waals surface area contributed by atoms with Crippen LogP contribution in [0.5, 0.6) is 0 Å². The number of imidazole rings is 1. The number of rotatable bonds is 25. The van der Waals surface area contributed by atoms with Crippen molar-refractivity contribution < 1.29 is 19.1 Å². The molecule has 0 aliphatic rings. The molecule has 11 nitrogen and oxygen atoms in total. The quantitative estimate of drug-likeness (QED) is 0.0887. The predicted molar refractivity (Wildman–Crippen MR) is 175 cm³/mol. The van der Waals surface area contributed by atoms with Crippen molar-refractivity contribution in [3.63, 3.8) is 0 Å². The van der Waals surface area contributed by atoms with Crippen LogP contribution in [0.4, 0.5) is 5.95 Å². The topological polar surface area (TPSA) is 168 Å². The second-order valence-corrected chi connectivity index (χ2v) is 12.5. The van der Waals surface area contributed by atoms with Gasteiger partial charge < -0.3 is 25.5 Å². The minimum atomic E-state index is -0.725. The molecule has 0 saturated carbocycles. The van der Waals surface area contributed by atoms with Crippen LogP contribution >= 0.6 is 0 Å². The number of aromatic amines is 1. The van der Waals surface area contributed by atoms with Crippen molar-refractivity contribution in [3.05, 3.63) is 16.7 Å². The number of unbranched alkanes of at least 4 members (excludes halogenated alkanes) is 14. The lowest BCUT2D eigenvalue weighted by Gasteiger charge is -2.20. The molecule has 0 bridgehead atoms. The molecule has 0 fully saturated rings. The van der Waals surface area contributed by atoms with E-state index in [1.807, 2.05) is 13.8 Å². The van der Waals surface area contributed by atoms with Gasteiger partial charge in [-0.1, -0.05) is 111 Å². The lowest BCUT2D eigenvalue weighted by atomic mass is 10.0. The summed E-state index contributed by atoms with van der Waals surface area (Å²) >= 11 is 0. The molecule has 2 aromatic heterocycles. The molecule has 0 unspecified atom stereocenters. The van der Waals surface area contributed by atoms with E-state index in [1.54, 1.807) is 4.57 Å². The van der Waals surface area contributed by atoms with Gasteiger partial charge in [0.15, 0.2) is 11.2 Å². The van der Waals surface area contributed by atoms with Gasteiger partial charge in [-0.2, -0.15) is 4.98 Å². The van der Waals surface area contributed by atoms with Crippen LogP contribution < -0.4 is 17.0 Å². The van der Waals surface area contributed by atoms with E-state index in [9.17, 15) is 14.4 Å².